The van der Waals surface area contributed by atoms with Crippen LogP contribution in [0.4, 0.5) is 0 Å². The third-order valence-electron chi connectivity index (χ3n) is 3.85. The molecule has 0 amide bonds. The fourth-order valence-electron chi connectivity index (χ4n) is 2.85. The predicted octanol–water partition coefficient (Wildman–Crippen LogP) is 4.27. The van der Waals surface area contributed by atoms with Crippen molar-refractivity contribution in [2.75, 3.05) is 6.54 Å². The molecular weight excluding hydrogens is 182 g/mol. The van der Waals surface area contributed by atoms with Crippen molar-refractivity contribution in [3.63, 3.8) is 0 Å². The van der Waals surface area contributed by atoms with Crippen LogP contribution in [0.2, 0.25) is 0 Å². The minimum absolute atomic E-state index is 0.546. The Morgan fingerprint density at radius 1 is 0.933 bits per heavy atom. The van der Waals surface area contributed by atoms with Crippen LogP contribution in [-0.2, 0) is 0 Å². The minimum Gasteiger partial charge on any atom is -0.311 e. The first-order chi connectivity index (χ1) is 7.33. The molecule has 0 atom stereocenters. The van der Waals surface area contributed by atoms with E-state index in [1.54, 1.807) is 0 Å². The molecule has 1 heteroatoms. The van der Waals surface area contributed by atoms with Gasteiger partial charge in [-0.3, -0.25) is 0 Å². The predicted molar refractivity (Wildman–Crippen MR) is 68.3 cm³/mol. The summed E-state index contributed by atoms with van der Waals surface area (Å²) in [6.45, 7) is 5.86. The van der Waals surface area contributed by atoms with Gasteiger partial charge in [0.2, 0.25) is 0 Å². The Balaban J connectivity index is 2.26. The minimum atomic E-state index is 0.546. The van der Waals surface area contributed by atoms with Gasteiger partial charge in [-0.05, 0) is 32.2 Å². The van der Waals surface area contributed by atoms with Crippen LogP contribution >= 0.6 is 0 Å². The van der Waals surface area contributed by atoms with E-state index < -0.39 is 0 Å². The van der Waals surface area contributed by atoms with Crippen molar-refractivity contribution in [1.29, 1.82) is 0 Å². The molecule has 1 nitrogen and oxygen atoms in total. The molecule has 1 aliphatic rings. The van der Waals surface area contributed by atoms with Gasteiger partial charge >= 0.3 is 0 Å². The molecule has 0 aromatic heterocycles. The summed E-state index contributed by atoms with van der Waals surface area (Å²) in [5.74, 6) is 0. The summed E-state index contributed by atoms with van der Waals surface area (Å²) in [6, 6.07) is 0. The lowest BCUT2D eigenvalue weighted by Crippen LogP contribution is -2.39. The highest BCUT2D eigenvalue weighted by Crippen LogP contribution is 2.30. The van der Waals surface area contributed by atoms with E-state index in [4.69, 9.17) is 0 Å². The van der Waals surface area contributed by atoms with E-state index in [0.717, 1.165) is 0 Å². The summed E-state index contributed by atoms with van der Waals surface area (Å²) in [6.07, 6.45) is 14.1. The Kier molecular flexibility index (Phi) is 6.31. The fraction of sp³-hybridized carbons (Fsp3) is 1.00. The molecule has 1 N–H and O–H groups in total. The van der Waals surface area contributed by atoms with Crippen molar-refractivity contribution in [1.82, 2.24) is 5.32 Å². The van der Waals surface area contributed by atoms with Crippen molar-refractivity contribution in [3.05, 3.63) is 0 Å². The van der Waals surface area contributed by atoms with Gasteiger partial charge in [0.25, 0.3) is 0 Å². The molecule has 0 aromatic carbocycles. The highest BCUT2D eigenvalue weighted by Gasteiger charge is 2.31. The summed E-state index contributed by atoms with van der Waals surface area (Å²) in [4.78, 5) is 0. The number of hydrogen-bond donors (Lipinski definition) is 1. The topological polar surface area (TPSA) is 12.0 Å². The molecule has 1 saturated heterocycles. The third-order valence-corrected chi connectivity index (χ3v) is 3.85. The molecule has 1 heterocycles. The second kappa shape index (κ2) is 7.27. The maximum absolute atomic E-state index is 3.79. The first-order valence-electron chi connectivity index (χ1n) is 7.08. The van der Waals surface area contributed by atoms with Crippen LogP contribution in [0.5, 0.6) is 0 Å². The lowest BCUT2D eigenvalue weighted by molar-refractivity contribution is 0.301. The second-order valence-electron chi connectivity index (χ2n) is 5.22. The number of nitrogens with one attached hydrogen (secondary N) is 1. The summed E-state index contributed by atoms with van der Waals surface area (Å²) in [5.41, 5.74) is 0.546. The van der Waals surface area contributed by atoms with Crippen LogP contribution in [-0.4, -0.2) is 12.1 Å². The average molecular weight is 211 g/mol. The molecule has 1 fully saturated rings. The Morgan fingerprint density at radius 2 is 1.53 bits per heavy atom. The van der Waals surface area contributed by atoms with Crippen LogP contribution in [0.3, 0.4) is 0 Å². The Bertz CT molecular complexity index is 135. The van der Waals surface area contributed by atoms with Gasteiger partial charge in [-0.15, -0.1) is 0 Å². The van der Waals surface area contributed by atoms with E-state index in [-0.39, 0.29) is 0 Å². The van der Waals surface area contributed by atoms with Crippen molar-refractivity contribution in [3.8, 4) is 0 Å². The van der Waals surface area contributed by atoms with Gasteiger partial charge in [0.05, 0.1) is 0 Å². The Morgan fingerprint density at radius 3 is 1.93 bits per heavy atom. The largest absolute Gasteiger partial charge is 0.311 e. The zero-order valence-electron chi connectivity index (χ0n) is 10.8. The molecule has 1 aliphatic heterocycles. The van der Waals surface area contributed by atoms with E-state index in [9.17, 15) is 0 Å². The standard InChI is InChI=1S/C14H29N/c1-3-5-7-10-14(11-8-6-4-2)12-9-13-15-14/h15H,3-13H2,1-2H3. The van der Waals surface area contributed by atoms with Crippen LogP contribution in [0, 0.1) is 0 Å². The van der Waals surface area contributed by atoms with Crippen molar-refractivity contribution in [2.45, 2.75) is 83.6 Å². The first kappa shape index (κ1) is 13.0. The molecule has 0 aromatic rings. The molecule has 0 aliphatic carbocycles. The molecule has 15 heavy (non-hydrogen) atoms. The SMILES string of the molecule is CCCCCC1(CCCCC)CCCN1. The van der Waals surface area contributed by atoms with E-state index in [1.165, 1.54) is 70.8 Å². The second-order valence-corrected chi connectivity index (χ2v) is 5.22. The lowest BCUT2D eigenvalue weighted by Gasteiger charge is -2.30. The van der Waals surface area contributed by atoms with Crippen LogP contribution < -0.4 is 5.32 Å². The third kappa shape index (κ3) is 4.55. The van der Waals surface area contributed by atoms with Gasteiger partial charge in [-0.2, -0.15) is 0 Å². The summed E-state index contributed by atoms with van der Waals surface area (Å²) in [5, 5.41) is 3.79. The summed E-state index contributed by atoms with van der Waals surface area (Å²) >= 11 is 0. The van der Waals surface area contributed by atoms with Crippen LogP contribution in [0.15, 0.2) is 0 Å². The molecule has 1 rings (SSSR count). The number of unbranched alkanes of at least 4 members (excludes halogenated alkanes) is 4. The van der Waals surface area contributed by atoms with Gasteiger partial charge in [-0.1, -0.05) is 52.4 Å². The highest BCUT2D eigenvalue weighted by atomic mass is 15.0. The molecule has 0 unspecified atom stereocenters. The quantitative estimate of drug-likeness (QED) is 0.591. The average Bonchev–Trinajstić information content (AvgIpc) is 2.68. The van der Waals surface area contributed by atoms with Crippen molar-refractivity contribution >= 4 is 0 Å². The van der Waals surface area contributed by atoms with Crippen molar-refractivity contribution in [2.24, 2.45) is 0 Å². The molecule has 0 bridgehead atoms. The molecule has 0 saturated carbocycles. The van der Waals surface area contributed by atoms with Gasteiger partial charge in [-0.25, -0.2) is 0 Å². The molecule has 0 radical (unpaired) electrons. The number of hydrogen-bond acceptors (Lipinski definition) is 1. The Hall–Kier alpha value is -0.0400. The smallest absolute Gasteiger partial charge is 0.0182 e. The summed E-state index contributed by atoms with van der Waals surface area (Å²) < 4.78 is 0. The normalized spacial score (nSPS) is 19.6. The maximum Gasteiger partial charge on any atom is 0.0182 e. The monoisotopic (exact) mass is 211 g/mol. The molecular formula is C14H29N. The van der Waals surface area contributed by atoms with Gasteiger partial charge < -0.3 is 5.32 Å². The number of rotatable bonds is 8. The molecule has 90 valence electrons. The summed E-state index contributed by atoms with van der Waals surface area (Å²) in [7, 11) is 0. The van der Waals surface area contributed by atoms with Crippen molar-refractivity contribution < 1.29 is 0 Å². The lowest BCUT2D eigenvalue weighted by atomic mass is 9.85. The molecule has 0 spiro atoms. The highest BCUT2D eigenvalue weighted by molar-refractivity contribution is 4.92. The maximum atomic E-state index is 3.79. The van der Waals surface area contributed by atoms with E-state index in [1.807, 2.05) is 0 Å². The zero-order chi connectivity index (χ0) is 11.0. The Labute approximate surface area is 96.0 Å². The van der Waals surface area contributed by atoms with Gasteiger partial charge in [0.1, 0.15) is 0 Å². The van der Waals surface area contributed by atoms with Crippen LogP contribution in [0.1, 0.15) is 78.1 Å². The first-order valence-corrected chi connectivity index (χ1v) is 7.08. The van der Waals surface area contributed by atoms with Gasteiger partial charge in [0, 0.05) is 5.54 Å². The van der Waals surface area contributed by atoms with Crippen LogP contribution in [0.25, 0.3) is 0 Å². The fourth-order valence-corrected chi connectivity index (χ4v) is 2.85. The van der Waals surface area contributed by atoms with E-state index in [2.05, 4.69) is 19.2 Å². The van der Waals surface area contributed by atoms with E-state index in [0.29, 0.717) is 5.54 Å². The zero-order valence-corrected chi connectivity index (χ0v) is 10.8. The van der Waals surface area contributed by atoms with E-state index >= 15 is 0 Å². The van der Waals surface area contributed by atoms with Gasteiger partial charge in [0.15, 0.2) is 0 Å².